The molecule has 0 heterocycles. The van der Waals surface area contributed by atoms with E-state index < -0.39 is 30.1 Å². The maximum absolute atomic E-state index is 12.8. The van der Waals surface area contributed by atoms with Crippen LogP contribution in [0, 0.1) is 5.92 Å². The second kappa shape index (κ2) is 10.3. The van der Waals surface area contributed by atoms with E-state index in [1.54, 1.807) is 19.0 Å². The van der Waals surface area contributed by atoms with E-state index in [0.717, 1.165) is 35.1 Å². The van der Waals surface area contributed by atoms with E-state index in [1.807, 2.05) is 36.4 Å². The first-order valence-corrected chi connectivity index (χ1v) is 11.6. The Kier molecular flexibility index (Phi) is 7.17. The smallest absolute Gasteiger partial charge is 0.407 e. The minimum absolute atomic E-state index is 0.0887. The third-order valence-electron chi connectivity index (χ3n) is 6.38. The highest BCUT2D eigenvalue weighted by atomic mass is 16.5. The number of amides is 2. The summed E-state index contributed by atoms with van der Waals surface area (Å²) in [5.74, 6) is -1.35. The second-order valence-electron chi connectivity index (χ2n) is 9.36. The molecule has 0 radical (unpaired) electrons. The molecule has 0 spiro atoms. The van der Waals surface area contributed by atoms with Crippen molar-refractivity contribution in [1.82, 2.24) is 15.5 Å². The number of ether oxygens (including phenoxy) is 1. The summed E-state index contributed by atoms with van der Waals surface area (Å²) in [6.45, 7) is 0.349. The van der Waals surface area contributed by atoms with Gasteiger partial charge in [-0.2, -0.15) is 0 Å². The number of fused-ring (bicyclic) bond motifs is 3. The van der Waals surface area contributed by atoms with Gasteiger partial charge in [0.15, 0.2) is 0 Å². The number of benzene rings is 2. The maximum Gasteiger partial charge on any atom is 0.407 e. The molecule has 4 rings (SSSR count). The van der Waals surface area contributed by atoms with Gasteiger partial charge in [-0.1, -0.05) is 61.4 Å². The third kappa shape index (κ3) is 5.56. The standard InChI is InChI=1S/C26H31N3O5/c1-29(2)14-23(24(30)27-22(25(31)32)13-16-11-12-16)28-26(33)34-15-21-19-9-5-3-7-17(19)18-8-4-6-10-20(18)21/h3-10,16,21-23H,11-15H2,1-2H3,(H,27,30)(H,28,33)(H,31,32). The van der Waals surface area contributed by atoms with Crippen molar-refractivity contribution in [1.29, 1.82) is 0 Å². The van der Waals surface area contributed by atoms with Crippen LogP contribution in [0.25, 0.3) is 11.1 Å². The molecule has 0 bridgehead atoms. The molecular weight excluding hydrogens is 434 g/mol. The fourth-order valence-electron chi connectivity index (χ4n) is 4.52. The number of carboxylic acid groups (broad SMARTS) is 1. The molecule has 2 aromatic rings. The molecule has 1 saturated carbocycles. The minimum Gasteiger partial charge on any atom is -0.480 e. The van der Waals surface area contributed by atoms with Gasteiger partial charge in [-0.05, 0) is 48.7 Å². The van der Waals surface area contributed by atoms with Gasteiger partial charge in [0.2, 0.25) is 5.91 Å². The SMILES string of the molecule is CN(C)CC(NC(=O)OCC1c2ccccc2-c2ccccc21)C(=O)NC(CC1CC1)C(=O)O. The lowest BCUT2D eigenvalue weighted by Crippen LogP contribution is -2.55. The van der Waals surface area contributed by atoms with E-state index in [9.17, 15) is 19.5 Å². The Morgan fingerprint density at radius 3 is 2.09 bits per heavy atom. The summed E-state index contributed by atoms with van der Waals surface area (Å²) in [5.41, 5.74) is 4.46. The van der Waals surface area contributed by atoms with Crippen molar-refractivity contribution < 1.29 is 24.2 Å². The number of hydrogen-bond acceptors (Lipinski definition) is 5. The predicted octanol–water partition coefficient (Wildman–Crippen LogP) is 2.82. The first-order chi connectivity index (χ1) is 16.3. The number of hydrogen-bond donors (Lipinski definition) is 3. The molecule has 0 aliphatic heterocycles. The zero-order chi connectivity index (χ0) is 24.2. The quantitative estimate of drug-likeness (QED) is 0.498. The molecule has 1 fully saturated rings. The number of rotatable bonds is 10. The number of carbonyl (C=O) groups is 3. The van der Waals surface area contributed by atoms with Crippen LogP contribution in [0.1, 0.15) is 36.3 Å². The zero-order valence-corrected chi connectivity index (χ0v) is 19.5. The molecule has 2 aliphatic carbocycles. The van der Waals surface area contributed by atoms with Crippen LogP contribution in [0.15, 0.2) is 48.5 Å². The Labute approximate surface area is 199 Å². The predicted molar refractivity (Wildman–Crippen MR) is 127 cm³/mol. The van der Waals surface area contributed by atoms with E-state index in [0.29, 0.717) is 12.3 Å². The van der Waals surface area contributed by atoms with Gasteiger partial charge >= 0.3 is 12.1 Å². The average molecular weight is 466 g/mol. The molecule has 2 amide bonds. The molecule has 2 unspecified atom stereocenters. The topological polar surface area (TPSA) is 108 Å². The Morgan fingerprint density at radius 1 is 0.971 bits per heavy atom. The molecule has 2 atom stereocenters. The summed E-state index contributed by atoms with van der Waals surface area (Å²) in [5, 5.41) is 14.7. The lowest BCUT2D eigenvalue weighted by atomic mass is 9.98. The number of alkyl carbamates (subject to hydrolysis) is 1. The fourth-order valence-corrected chi connectivity index (χ4v) is 4.52. The van der Waals surface area contributed by atoms with Crippen LogP contribution in [-0.2, 0) is 14.3 Å². The van der Waals surface area contributed by atoms with E-state index in [1.165, 1.54) is 0 Å². The zero-order valence-electron chi connectivity index (χ0n) is 19.5. The van der Waals surface area contributed by atoms with Crippen molar-refractivity contribution in [3.63, 3.8) is 0 Å². The average Bonchev–Trinajstić information content (AvgIpc) is 3.57. The lowest BCUT2D eigenvalue weighted by molar-refractivity contribution is -0.142. The largest absolute Gasteiger partial charge is 0.480 e. The van der Waals surface area contributed by atoms with Gasteiger partial charge in [-0.25, -0.2) is 9.59 Å². The van der Waals surface area contributed by atoms with Gasteiger partial charge < -0.3 is 25.4 Å². The Balaban J connectivity index is 1.39. The molecule has 0 saturated heterocycles. The highest BCUT2D eigenvalue weighted by molar-refractivity contribution is 5.89. The summed E-state index contributed by atoms with van der Waals surface area (Å²) in [6.07, 6.45) is 1.66. The highest BCUT2D eigenvalue weighted by Gasteiger charge is 2.33. The van der Waals surface area contributed by atoms with Gasteiger partial charge in [0.05, 0.1) is 0 Å². The highest BCUT2D eigenvalue weighted by Crippen LogP contribution is 2.44. The van der Waals surface area contributed by atoms with E-state index >= 15 is 0 Å². The van der Waals surface area contributed by atoms with Crippen molar-refractivity contribution in [2.45, 2.75) is 37.3 Å². The molecule has 2 aliphatic rings. The minimum atomic E-state index is -1.06. The molecule has 2 aromatic carbocycles. The number of nitrogens with one attached hydrogen (secondary N) is 2. The third-order valence-corrected chi connectivity index (χ3v) is 6.38. The molecular formula is C26H31N3O5. The number of likely N-dealkylation sites (N-methyl/N-ethyl adjacent to an activating group) is 1. The normalized spacial score (nSPS) is 16.3. The van der Waals surface area contributed by atoms with Crippen molar-refractivity contribution >= 4 is 18.0 Å². The van der Waals surface area contributed by atoms with Gasteiger partial charge in [0.1, 0.15) is 18.7 Å². The van der Waals surface area contributed by atoms with Crippen LogP contribution >= 0.6 is 0 Å². The lowest BCUT2D eigenvalue weighted by Gasteiger charge is -2.24. The van der Waals surface area contributed by atoms with Crippen LogP contribution in [0.2, 0.25) is 0 Å². The van der Waals surface area contributed by atoms with E-state index in [-0.39, 0.29) is 19.1 Å². The molecule has 8 heteroatoms. The Hall–Kier alpha value is -3.39. The number of nitrogens with zero attached hydrogens (tertiary/aromatic N) is 1. The first-order valence-electron chi connectivity index (χ1n) is 11.6. The molecule has 180 valence electrons. The number of aliphatic carboxylic acids is 1. The van der Waals surface area contributed by atoms with Gasteiger partial charge in [-0.3, -0.25) is 4.79 Å². The number of carbonyl (C=O) groups excluding carboxylic acids is 2. The Morgan fingerprint density at radius 2 is 1.56 bits per heavy atom. The van der Waals surface area contributed by atoms with Crippen LogP contribution < -0.4 is 10.6 Å². The maximum atomic E-state index is 12.8. The van der Waals surface area contributed by atoms with E-state index in [2.05, 4.69) is 22.8 Å². The molecule has 0 aromatic heterocycles. The second-order valence-corrected chi connectivity index (χ2v) is 9.36. The van der Waals surface area contributed by atoms with Crippen molar-refractivity contribution in [3.05, 3.63) is 59.7 Å². The van der Waals surface area contributed by atoms with Crippen LogP contribution in [0.3, 0.4) is 0 Å². The van der Waals surface area contributed by atoms with Gasteiger partial charge in [0.25, 0.3) is 0 Å². The summed E-state index contributed by atoms with van der Waals surface area (Å²) in [4.78, 5) is 38.9. The van der Waals surface area contributed by atoms with Crippen molar-refractivity contribution in [2.75, 3.05) is 27.2 Å². The number of carboxylic acids is 1. The van der Waals surface area contributed by atoms with Crippen molar-refractivity contribution in [3.8, 4) is 11.1 Å². The van der Waals surface area contributed by atoms with Crippen molar-refractivity contribution in [2.24, 2.45) is 5.92 Å². The summed E-state index contributed by atoms with van der Waals surface area (Å²) in [6, 6.07) is 14.2. The Bertz CT molecular complexity index is 1020. The monoisotopic (exact) mass is 465 g/mol. The van der Waals surface area contributed by atoms with Crippen LogP contribution in [0.5, 0.6) is 0 Å². The molecule has 8 nitrogen and oxygen atoms in total. The van der Waals surface area contributed by atoms with Crippen LogP contribution in [-0.4, -0.2) is 67.3 Å². The fraction of sp³-hybridized carbons (Fsp3) is 0.423. The van der Waals surface area contributed by atoms with Gasteiger partial charge in [0, 0.05) is 12.5 Å². The molecule has 34 heavy (non-hydrogen) atoms. The van der Waals surface area contributed by atoms with Crippen LogP contribution in [0.4, 0.5) is 4.79 Å². The summed E-state index contributed by atoms with van der Waals surface area (Å²) in [7, 11) is 3.55. The summed E-state index contributed by atoms with van der Waals surface area (Å²) < 4.78 is 5.56. The van der Waals surface area contributed by atoms with E-state index in [4.69, 9.17) is 4.74 Å². The summed E-state index contributed by atoms with van der Waals surface area (Å²) >= 11 is 0. The molecule has 3 N–H and O–H groups in total. The first kappa shape index (κ1) is 23.8. The van der Waals surface area contributed by atoms with Gasteiger partial charge in [-0.15, -0.1) is 0 Å².